The summed E-state index contributed by atoms with van der Waals surface area (Å²) in [7, 11) is 1.63. The van der Waals surface area contributed by atoms with Crippen molar-refractivity contribution < 1.29 is 9.53 Å². The van der Waals surface area contributed by atoms with Crippen LogP contribution in [0.15, 0.2) is 18.2 Å². The van der Waals surface area contributed by atoms with Crippen LogP contribution in [0, 0.1) is 6.92 Å². The van der Waals surface area contributed by atoms with E-state index in [1.807, 2.05) is 25.1 Å². The Kier molecular flexibility index (Phi) is 3.10. The topological polar surface area (TPSA) is 50.4 Å². The van der Waals surface area contributed by atoms with E-state index in [0.717, 1.165) is 24.5 Å². The molecule has 4 heteroatoms. The number of nitrogens with one attached hydrogen (secondary N) is 2. The van der Waals surface area contributed by atoms with Crippen LogP contribution in [-0.2, 0) is 4.74 Å². The van der Waals surface area contributed by atoms with Gasteiger partial charge in [-0.2, -0.15) is 0 Å². The summed E-state index contributed by atoms with van der Waals surface area (Å²) < 4.78 is 5.10. The van der Waals surface area contributed by atoms with Crippen molar-refractivity contribution in [3.8, 4) is 0 Å². The third-order valence-corrected chi connectivity index (χ3v) is 2.71. The Balaban J connectivity index is 2.12. The molecule has 1 aromatic carbocycles. The van der Waals surface area contributed by atoms with Gasteiger partial charge >= 0.3 is 0 Å². The molecular weight excluding hydrogens is 204 g/mol. The van der Waals surface area contributed by atoms with Crippen LogP contribution in [0.5, 0.6) is 0 Å². The van der Waals surface area contributed by atoms with Crippen LogP contribution in [-0.4, -0.2) is 32.2 Å². The van der Waals surface area contributed by atoms with Gasteiger partial charge in [0.1, 0.15) is 0 Å². The maximum absolute atomic E-state index is 11.4. The van der Waals surface area contributed by atoms with Gasteiger partial charge in [-0.05, 0) is 30.7 Å². The molecule has 4 nitrogen and oxygen atoms in total. The molecule has 2 rings (SSSR count). The molecule has 0 spiro atoms. The average molecular weight is 220 g/mol. The highest BCUT2D eigenvalue weighted by molar-refractivity contribution is 5.94. The van der Waals surface area contributed by atoms with Crippen molar-refractivity contribution in [2.75, 3.05) is 25.6 Å². The van der Waals surface area contributed by atoms with E-state index >= 15 is 0 Å². The molecule has 1 aromatic rings. The lowest BCUT2D eigenvalue weighted by molar-refractivity contribution is 0.0211. The van der Waals surface area contributed by atoms with Crippen LogP contribution < -0.4 is 10.6 Å². The second-order valence-corrected chi connectivity index (χ2v) is 3.99. The van der Waals surface area contributed by atoms with E-state index in [1.165, 1.54) is 0 Å². The van der Waals surface area contributed by atoms with Crippen molar-refractivity contribution in [1.82, 2.24) is 5.32 Å². The van der Waals surface area contributed by atoms with E-state index < -0.39 is 0 Å². The maximum atomic E-state index is 11.4. The molecule has 1 heterocycles. The van der Waals surface area contributed by atoms with Crippen LogP contribution in [0.25, 0.3) is 0 Å². The second-order valence-electron chi connectivity index (χ2n) is 3.99. The molecule has 1 amide bonds. The van der Waals surface area contributed by atoms with Gasteiger partial charge in [-0.1, -0.05) is 0 Å². The lowest BCUT2D eigenvalue weighted by Gasteiger charge is -2.28. The minimum Gasteiger partial charge on any atom is -0.377 e. The summed E-state index contributed by atoms with van der Waals surface area (Å²) in [5.41, 5.74) is 2.84. The molecule has 0 aromatic heterocycles. The van der Waals surface area contributed by atoms with Gasteiger partial charge < -0.3 is 15.4 Å². The van der Waals surface area contributed by atoms with E-state index in [2.05, 4.69) is 10.6 Å². The van der Waals surface area contributed by atoms with Crippen molar-refractivity contribution in [2.45, 2.75) is 13.0 Å². The highest BCUT2D eigenvalue weighted by atomic mass is 16.5. The number of carbonyl (C=O) groups is 1. The smallest absolute Gasteiger partial charge is 0.251 e. The van der Waals surface area contributed by atoms with Gasteiger partial charge in [-0.25, -0.2) is 0 Å². The number of amides is 1. The monoisotopic (exact) mass is 220 g/mol. The number of benzene rings is 1. The molecule has 16 heavy (non-hydrogen) atoms. The Morgan fingerprint density at radius 3 is 2.69 bits per heavy atom. The molecule has 0 aliphatic carbocycles. The molecule has 86 valence electrons. The summed E-state index contributed by atoms with van der Waals surface area (Å²) in [5.74, 6) is -0.0540. The number of ether oxygens (including phenoxy) is 1. The van der Waals surface area contributed by atoms with Crippen molar-refractivity contribution in [2.24, 2.45) is 0 Å². The maximum Gasteiger partial charge on any atom is 0.251 e. The predicted molar refractivity (Wildman–Crippen MR) is 62.8 cm³/mol. The number of carbonyl (C=O) groups excluding carboxylic acids is 1. The summed E-state index contributed by atoms with van der Waals surface area (Å²) in [6.07, 6.45) is 0. The minimum atomic E-state index is -0.0540. The summed E-state index contributed by atoms with van der Waals surface area (Å²) in [4.78, 5) is 11.4. The van der Waals surface area contributed by atoms with Crippen LogP contribution >= 0.6 is 0 Å². The normalized spacial score (nSPS) is 15.4. The van der Waals surface area contributed by atoms with Crippen LogP contribution in [0.3, 0.4) is 0 Å². The fourth-order valence-electron chi connectivity index (χ4n) is 1.65. The van der Waals surface area contributed by atoms with E-state index in [4.69, 9.17) is 4.74 Å². The molecule has 1 fully saturated rings. The second kappa shape index (κ2) is 4.53. The number of hydrogen-bond acceptors (Lipinski definition) is 3. The van der Waals surface area contributed by atoms with Crippen molar-refractivity contribution >= 4 is 11.6 Å². The molecule has 2 N–H and O–H groups in total. The molecule has 1 aliphatic rings. The van der Waals surface area contributed by atoms with E-state index in [-0.39, 0.29) is 5.91 Å². The SMILES string of the molecule is CNC(=O)c1ccc(NC2COC2)c(C)c1. The first-order valence-corrected chi connectivity index (χ1v) is 5.37. The zero-order valence-electron chi connectivity index (χ0n) is 9.54. The van der Waals surface area contributed by atoms with Gasteiger partial charge in [-0.15, -0.1) is 0 Å². The van der Waals surface area contributed by atoms with E-state index in [9.17, 15) is 4.79 Å². The van der Waals surface area contributed by atoms with Crippen LogP contribution in [0.1, 0.15) is 15.9 Å². The highest BCUT2D eigenvalue weighted by Gasteiger charge is 2.18. The first kappa shape index (κ1) is 11.0. The molecule has 0 unspecified atom stereocenters. The molecule has 0 atom stereocenters. The van der Waals surface area contributed by atoms with Crippen molar-refractivity contribution in [3.63, 3.8) is 0 Å². The molecule has 0 radical (unpaired) electrons. The first-order valence-electron chi connectivity index (χ1n) is 5.37. The van der Waals surface area contributed by atoms with E-state index in [1.54, 1.807) is 7.05 Å². The zero-order valence-corrected chi connectivity index (χ0v) is 9.54. The summed E-state index contributed by atoms with van der Waals surface area (Å²) >= 11 is 0. The minimum absolute atomic E-state index is 0.0540. The molecule has 1 aliphatic heterocycles. The molecule has 0 bridgehead atoms. The lowest BCUT2D eigenvalue weighted by Crippen LogP contribution is -2.40. The number of hydrogen-bond donors (Lipinski definition) is 2. The van der Waals surface area contributed by atoms with Gasteiger partial charge in [0, 0.05) is 18.3 Å². The summed E-state index contributed by atoms with van der Waals surface area (Å²) in [6, 6.07) is 6.07. The van der Waals surface area contributed by atoms with Gasteiger partial charge in [-0.3, -0.25) is 4.79 Å². The predicted octanol–water partition coefficient (Wildman–Crippen LogP) is 1.17. The largest absolute Gasteiger partial charge is 0.377 e. The molecule has 0 saturated carbocycles. The Morgan fingerprint density at radius 1 is 1.44 bits per heavy atom. The Morgan fingerprint density at radius 2 is 2.19 bits per heavy atom. The summed E-state index contributed by atoms with van der Waals surface area (Å²) in [6.45, 7) is 3.52. The molecular formula is C12H16N2O2. The fraction of sp³-hybridized carbons (Fsp3) is 0.417. The average Bonchev–Trinajstić information content (AvgIpc) is 2.23. The third-order valence-electron chi connectivity index (χ3n) is 2.71. The van der Waals surface area contributed by atoms with Crippen LogP contribution in [0.2, 0.25) is 0 Å². The van der Waals surface area contributed by atoms with Gasteiger partial charge in [0.2, 0.25) is 0 Å². The zero-order chi connectivity index (χ0) is 11.5. The standard InChI is InChI=1S/C12H16N2O2/c1-8-5-9(12(15)13-2)3-4-11(8)14-10-6-16-7-10/h3-5,10,14H,6-7H2,1-2H3,(H,13,15). The highest BCUT2D eigenvalue weighted by Crippen LogP contribution is 2.19. The summed E-state index contributed by atoms with van der Waals surface area (Å²) in [5, 5.41) is 5.99. The van der Waals surface area contributed by atoms with Gasteiger partial charge in [0.05, 0.1) is 19.3 Å². The Bertz CT molecular complexity index is 400. The lowest BCUT2D eigenvalue weighted by atomic mass is 10.1. The van der Waals surface area contributed by atoms with E-state index in [0.29, 0.717) is 11.6 Å². The third kappa shape index (κ3) is 2.17. The van der Waals surface area contributed by atoms with Crippen molar-refractivity contribution in [3.05, 3.63) is 29.3 Å². The number of anilines is 1. The van der Waals surface area contributed by atoms with Gasteiger partial charge in [0.25, 0.3) is 5.91 Å². The van der Waals surface area contributed by atoms with Crippen LogP contribution in [0.4, 0.5) is 5.69 Å². The Labute approximate surface area is 95.0 Å². The van der Waals surface area contributed by atoms with Gasteiger partial charge in [0.15, 0.2) is 0 Å². The fourth-order valence-corrected chi connectivity index (χ4v) is 1.65. The number of rotatable bonds is 3. The first-order chi connectivity index (χ1) is 7.70. The Hall–Kier alpha value is -1.55. The number of aryl methyl sites for hydroxylation is 1. The molecule has 1 saturated heterocycles. The van der Waals surface area contributed by atoms with Crippen molar-refractivity contribution in [1.29, 1.82) is 0 Å². The quantitative estimate of drug-likeness (QED) is 0.803.